The molecule has 0 aromatic heterocycles. The van der Waals surface area contributed by atoms with Crippen LogP contribution in [0.3, 0.4) is 0 Å². The molecule has 0 aliphatic heterocycles. The Morgan fingerprint density at radius 1 is 1.42 bits per heavy atom. The first-order valence-corrected chi connectivity index (χ1v) is 5.88. The first-order valence-electron chi connectivity index (χ1n) is 5.88. The van der Waals surface area contributed by atoms with Gasteiger partial charge in [-0.2, -0.15) is 0 Å². The molecule has 0 radical (unpaired) electrons. The van der Waals surface area contributed by atoms with E-state index in [2.05, 4.69) is 0 Å². The van der Waals surface area contributed by atoms with E-state index < -0.39 is 18.0 Å². The van der Waals surface area contributed by atoms with E-state index in [1.54, 1.807) is 31.2 Å². The fourth-order valence-electron chi connectivity index (χ4n) is 1.49. The topological polar surface area (TPSA) is 98.9 Å². The van der Waals surface area contributed by atoms with Crippen LogP contribution < -0.4 is 10.5 Å². The number of hydrogen-bond donors (Lipinski definition) is 2. The van der Waals surface area contributed by atoms with E-state index in [9.17, 15) is 9.59 Å². The van der Waals surface area contributed by atoms with E-state index in [4.69, 9.17) is 20.3 Å². The molecule has 0 fully saturated rings. The fourth-order valence-corrected chi connectivity index (χ4v) is 1.49. The quantitative estimate of drug-likeness (QED) is 0.718. The highest BCUT2D eigenvalue weighted by atomic mass is 16.6. The Morgan fingerprint density at radius 3 is 2.79 bits per heavy atom. The van der Waals surface area contributed by atoms with Gasteiger partial charge in [-0.15, -0.1) is 0 Å². The number of rotatable bonds is 7. The number of carboxylic acids is 1. The van der Waals surface area contributed by atoms with E-state index in [0.29, 0.717) is 17.9 Å². The van der Waals surface area contributed by atoms with Crippen molar-refractivity contribution in [1.82, 2.24) is 0 Å². The van der Waals surface area contributed by atoms with Crippen LogP contribution in [0.2, 0.25) is 0 Å². The van der Waals surface area contributed by atoms with Gasteiger partial charge in [0.25, 0.3) is 0 Å². The minimum absolute atomic E-state index is 0.165. The molecular formula is C13H17NO5. The summed E-state index contributed by atoms with van der Waals surface area (Å²) < 4.78 is 9.97. The zero-order valence-electron chi connectivity index (χ0n) is 10.7. The minimum atomic E-state index is -0.967. The molecule has 0 saturated heterocycles. The van der Waals surface area contributed by atoms with Gasteiger partial charge in [0.05, 0.1) is 13.0 Å². The highest BCUT2D eigenvalue weighted by Crippen LogP contribution is 2.20. The summed E-state index contributed by atoms with van der Waals surface area (Å²) in [7, 11) is 0. The average Bonchev–Trinajstić information content (AvgIpc) is 2.36. The molecule has 6 heteroatoms. The molecule has 0 heterocycles. The summed E-state index contributed by atoms with van der Waals surface area (Å²) >= 11 is 0. The summed E-state index contributed by atoms with van der Waals surface area (Å²) in [6, 6.07) is 6.08. The molecular weight excluding hydrogens is 250 g/mol. The zero-order chi connectivity index (χ0) is 14.3. The lowest BCUT2D eigenvalue weighted by molar-refractivity contribution is -0.145. The van der Waals surface area contributed by atoms with Crippen LogP contribution in [0.25, 0.3) is 0 Å². The van der Waals surface area contributed by atoms with Crippen LogP contribution in [-0.2, 0) is 14.3 Å². The molecule has 1 atom stereocenters. The maximum Gasteiger partial charge on any atom is 0.344 e. The summed E-state index contributed by atoms with van der Waals surface area (Å²) in [5.41, 5.74) is 6.38. The molecule has 104 valence electrons. The number of hydrogen-bond acceptors (Lipinski definition) is 5. The van der Waals surface area contributed by atoms with Crippen LogP contribution in [0, 0.1) is 0 Å². The first kappa shape index (κ1) is 15.0. The Balaban J connectivity index is 2.61. The number of benzene rings is 1. The lowest BCUT2D eigenvalue weighted by Gasteiger charge is -2.11. The van der Waals surface area contributed by atoms with Gasteiger partial charge < -0.3 is 20.3 Å². The predicted octanol–water partition coefficient (Wildman–Crippen LogP) is 1.10. The van der Waals surface area contributed by atoms with Crippen molar-refractivity contribution >= 4 is 11.9 Å². The zero-order valence-corrected chi connectivity index (χ0v) is 10.7. The Hall–Kier alpha value is -2.08. The molecule has 6 nitrogen and oxygen atoms in total. The normalized spacial score (nSPS) is 11.7. The molecule has 1 aromatic carbocycles. The second-order valence-electron chi connectivity index (χ2n) is 3.87. The van der Waals surface area contributed by atoms with Crippen molar-refractivity contribution < 1.29 is 24.2 Å². The van der Waals surface area contributed by atoms with Crippen LogP contribution in [0.4, 0.5) is 0 Å². The van der Waals surface area contributed by atoms with Gasteiger partial charge >= 0.3 is 11.9 Å². The van der Waals surface area contributed by atoms with Crippen molar-refractivity contribution in [3.8, 4) is 5.75 Å². The number of aliphatic carboxylic acids is 1. The van der Waals surface area contributed by atoms with E-state index in [1.807, 2.05) is 0 Å². The number of carbonyl (C=O) groups excluding carboxylic acids is 1. The Bertz CT molecular complexity index is 446. The third-order valence-electron chi connectivity index (χ3n) is 2.34. The van der Waals surface area contributed by atoms with E-state index in [0.717, 1.165) is 0 Å². The van der Waals surface area contributed by atoms with E-state index in [-0.39, 0.29) is 13.0 Å². The number of esters is 1. The molecule has 0 aliphatic rings. The standard InChI is InChI=1S/C13H17NO5/c1-2-18-13(17)8-19-10-5-3-4-9(6-10)11(14)7-12(15)16/h3-6,11H,2,7-8,14H2,1H3,(H,15,16). The van der Waals surface area contributed by atoms with Gasteiger partial charge in [-0.1, -0.05) is 12.1 Å². The van der Waals surface area contributed by atoms with Gasteiger partial charge in [-0.3, -0.25) is 4.79 Å². The van der Waals surface area contributed by atoms with Gasteiger partial charge in [0.2, 0.25) is 0 Å². The van der Waals surface area contributed by atoms with Crippen molar-refractivity contribution in [1.29, 1.82) is 0 Å². The van der Waals surface area contributed by atoms with Crippen molar-refractivity contribution in [3.63, 3.8) is 0 Å². The maximum absolute atomic E-state index is 11.1. The molecule has 1 unspecified atom stereocenters. The SMILES string of the molecule is CCOC(=O)COc1cccc(C(N)CC(=O)O)c1. The molecule has 0 aliphatic carbocycles. The molecule has 0 saturated carbocycles. The number of ether oxygens (including phenoxy) is 2. The maximum atomic E-state index is 11.1. The molecule has 0 spiro atoms. The van der Waals surface area contributed by atoms with Gasteiger partial charge in [-0.25, -0.2) is 4.79 Å². The highest BCUT2D eigenvalue weighted by molar-refractivity contribution is 5.71. The lowest BCUT2D eigenvalue weighted by atomic mass is 10.0. The molecule has 3 N–H and O–H groups in total. The van der Waals surface area contributed by atoms with Crippen LogP contribution in [-0.4, -0.2) is 30.3 Å². The number of carbonyl (C=O) groups is 2. The molecule has 0 bridgehead atoms. The summed E-state index contributed by atoms with van der Waals surface area (Å²) in [5.74, 6) is -0.973. The predicted molar refractivity (Wildman–Crippen MR) is 67.8 cm³/mol. The van der Waals surface area contributed by atoms with Crippen LogP contribution >= 0.6 is 0 Å². The summed E-state index contributed by atoms with van der Waals surface area (Å²) in [5, 5.41) is 8.68. The van der Waals surface area contributed by atoms with Gasteiger partial charge in [0.1, 0.15) is 5.75 Å². The second kappa shape index (κ2) is 7.38. The number of nitrogens with two attached hydrogens (primary N) is 1. The smallest absolute Gasteiger partial charge is 0.344 e. The van der Waals surface area contributed by atoms with E-state index >= 15 is 0 Å². The summed E-state index contributed by atoms with van der Waals surface area (Å²) in [6.07, 6.45) is -0.165. The van der Waals surface area contributed by atoms with Crippen LogP contribution in [0.15, 0.2) is 24.3 Å². The Labute approximate surface area is 111 Å². The molecule has 0 amide bonds. The van der Waals surface area contributed by atoms with Crippen molar-refractivity contribution in [2.24, 2.45) is 5.73 Å². The van der Waals surface area contributed by atoms with E-state index in [1.165, 1.54) is 0 Å². The van der Waals surface area contributed by atoms with Gasteiger partial charge in [0.15, 0.2) is 6.61 Å². The third kappa shape index (κ3) is 5.39. The van der Waals surface area contributed by atoms with Crippen LogP contribution in [0.5, 0.6) is 5.75 Å². The Morgan fingerprint density at radius 2 is 2.16 bits per heavy atom. The lowest BCUT2D eigenvalue weighted by Crippen LogP contribution is -2.16. The summed E-state index contributed by atoms with van der Waals surface area (Å²) in [6.45, 7) is 1.82. The molecule has 1 aromatic rings. The molecule has 19 heavy (non-hydrogen) atoms. The Kier molecular flexibility index (Phi) is 5.81. The average molecular weight is 267 g/mol. The fraction of sp³-hybridized carbons (Fsp3) is 0.385. The second-order valence-corrected chi connectivity index (χ2v) is 3.87. The third-order valence-corrected chi connectivity index (χ3v) is 2.34. The van der Waals surface area contributed by atoms with Gasteiger partial charge in [-0.05, 0) is 24.6 Å². The largest absolute Gasteiger partial charge is 0.482 e. The number of carboxylic acid groups (broad SMARTS) is 1. The van der Waals surface area contributed by atoms with Crippen molar-refractivity contribution in [2.75, 3.05) is 13.2 Å². The van der Waals surface area contributed by atoms with Crippen LogP contribution in [0.1, 0.15) is 24.9 Å². The first-order chi connectivity index (χ1) is 9.02. The summed E-state index contributed by atoms with van der Waals surface area (Å²) in [4.78, 5) is 21.7. The van der Waals surface area contributed by atoms with Gasteiger partial charge in [0, 0.05) is 6.04 Å². The monoisotopic (exact) mass is 267 g/mol. The molecule has 1 rings (SSSR count). The van der Waals surface area contributed by atoms with Crippen molar-refractivity contribution in [3.05, 3.63) is 29.8 Å². The van der Waals surface area contributed by atoms with Crippen molar-refractivity contribution in [2.45, 2.75) is 19.4 Å². The highest BCUT2D eigenvalue weighted by Gasteiger charge is 2.11. The minimum Gasteiger partial charge on any atom is -0.482 e.